The molecule has 1 fully saturated rings. The van der Waals surface area contributed by atoms with E-state index in [2.05, 4.69) is 48.7 Å². The van der Waals surface area contributed by atoms with Gasteiger partial charge in [-0.1, -0.05) is 29.8 Å². The van der Waals surface area contributed by atoms with Crippen LogP contribution in [0, 0.1) is 12.8 Å². The minimum absolute atomic E-state index is 0.768. The molecule has 4 heteroatoms. The Morgan fingerprint density at radius 1 is 1.15 bits per heavy atom. The van der Waals surface area contributed by atoms with Crippen molar-refractivity contribution in [2.75, 3.05) is 32.7 Å². The molecule has 0 atom stereocenters. The second kappa shape index (κ2) is 10.2. The normalized spacial score (nSPS) is 16.6. The molecule has 114 valence electrons. The van der Waals surface area contributed by atoms with E-state index in [4.69, 9.17) is 11.5 Å². The molecule has 1 heterocycles. The molecule has 20 heavy (non-hydrogen) atoms. The topological polar surface area (TPSA) is 55.3 Å². The van der Waals surface area contributed by atoms with Crippen LogP contribution in [0.2, 0.25) is 0 Å². The van der Waals surface area contributed by atoms with Crippen molar-refractivity contribution in [2.24, 2.45) is 17.4 Å². The standard InChI is InChI=1S/C8H19N3.C8H10S/c9-3-6-11-4-1-8(7-10)2-5-11;1-7-2-4-8(6-9)5-3-7/h8H,1-7,9-10H2;2-5,9H,6H2,1H3. The van der Waals surface area contributed by atoms with Crippen molar-refractivity contribution in [1.29, 1.82) is 0 Å². The van der Waals surface area contributed by atoms with E-state index in [1.807, 2.05) is 0 Å². The van der Waals surface area contributed by atoms with Crippen LogP contribution >= 0.6 is 12.6 Å². The van der Waals surface area contributed by atoms with Gasteiger partial charge in [0.1, 0.15) is 0 Å². The maximum atomic E-state index is 5.58. The molecule has 1 aromatic rings. The lowest BCUT2D eigenvalue weighted by Crippen LogP contribution is -2.38. The van der Waals surface area contributed by atoms with Crippen molar-refractivity contribution in [3.63, 3.8) is 0 Å². The molecular weight excluding hydrogens is 266 g/mol. The molecule has 0 spiro atoms. The Morgan fingerprint density at radius 3 is 2.20 bits per heavy atom. The second-order valence-corrected chi connectivity index (χ2v) is 5.77. The molecule has 1 saturated heterocycles. The number of aryl methyl sites for hydroxylation is 1. The molecule has 1 aromatic carbocycles. The summed E-state index contributed by atoms with van der Waals surface area (Å²) in [6, 6.07) is 8.40. The lowest BCUT2D eigenvalue weighted by atomic mass is 9.97. The first kappa shape index (κ1) is 17.5. The predicted octanol–water partition coefficient (Wildman–Crippen LogP) is 2.04. The molecule has 3 nitrogen and oxygen atoms in total. The molecule has 0 bridgehead atoms. The molecule has 0 saturated carbocycles. The van der Waals surface area contributed by atoms with Crippen molar-refractivity contribution in [2.45, 2.75) is 25.5 Å². The van der Waals surface area contributed by atoms with Crippen molar-refractivity contribution >= 4 is 12.6 Å². The smallest absolute Gasteiger partial charge is 0.0154 e. The summed E-state index contributed by atoms with van der Waals surface area (Å²) < 4.78 is 0. The van der Waals surface area contributed by atoms with Gasteiger partial charge >= 0.3 is 0 Å². The number of benzene rings is 1. The summed E-state index contributed by atoms with van der Waals surface area (Å²) in [7, 11) is 0. The highest BCUT2D eigenvalue weighted by atomic mass is 32.1. The minimum Gasteiger partial charge on any atom is -0.330 e. The van der Waals surface area contributed by atoms with E-state index in [9.17, 15) is 0 Å². The van der Waals surface area contributed by atoms with Crippen LogP contribution in [0.5, 0.6) is 0 Å². The van der Waals surface area contributed by atoms with Gasteiger partial charge in [0.25, 0.3) is 0 Å². The summed E-state index contributed by atoms with van der Waals surface area (Å²) in [6.45, 7) is 7.17. The molecule has 4 N–H and O–H groups in total. The van der Waals surface area contributed by atoms with Crippen LogP contribution in [0.3, 0.4) is 0 Å². The zero-order valence-electron chi connectivity index (χ0n) is 12.6. The Morgan fingerprint density at radius 2 is 1.75 bits per heavy atom. The Hall–Kier alpha value is -0.550. The molecule has 0 amide bonds. The van der Waals surface area contributed by atoms with Crippen molar-refractivity contribution in [1.82, 2.24) is 4.90 Å². The largest absolute Gasteiger partial charge is 0.330 e. The highest BCUT2D eigenvalue weighted by Crippen LogP contribution is 2.14. The van der Waals surface area contributed by atoms with Gasteiger partial charge < -0.3 is 16.4 Å². The van der Waals surface area contributed by atoms with Crippen LogP contribution in [0.1, 0.15) is 24.0 Å². The second-order valence-electron chi connectivity index (χ2n) is 5.45. The molecule has 0 radical (unpaired) electrons. The Balaban J connectivity index is 0.000000204. The number of hydrogen-bond donors (Lipinski definition) is 3. The van der Waals surface area contributed by atoms with Crippen LogP contribution in [0.25, 0.3) is 0 Å². The number of rotatable bonds is 4. The van der Waals surface area contributed by atoms with Gasteiger partial charge in [-0.3, -0.25) is 0 Å². The maximum absolute atomic E-state index is 5.58. The zero-order valence-corrected chi connectivity index (χ0v) is 13.5. The number of nitrogens with two attached hydrogens (primary N) is 2. The molecule has 1 aliphatic heterocycles. The van der Waals surface area contributed by atoms with Gasteiger partial charge in [-0.25, -0.2) is 0 Å². The lowest BCUT2D eigenvalue weighted by Gasteiger charge is -2.30. The van der Waals surface area contributed by atoms with E-state index in [1.54, 1.807) is 0 Å². The van der Waals surface area contributed by atoms with E-state index in [-0.39, 0.29) is 0 Å². The van der Waals surface area contributed by atoms with Crippen LogP contribution in [-0.4, -0.2) is 37.6 Å². The van der Waals surface area contributed by atoms with E-state index < -0.39 is 0 Å². The Labute approximate surface area is 129 Å². The summed E-state index contributed by atoms with van der Waals surface area (Å²) in [5.74, 6) is 1.60. The molecule has 0 unspecified atom stereocenters. The van der Waals surface area contributed by atoms with Gasteiger partial charge in [-0.15, -0.1) is 0 Å². The van der Waals surface area contributed by atoms with Gasteiger partial charge in [0, 0.05) is 18.8 Å². The van der Waals surface area contributed by atoms with Crippen LogP contribution in [0.15, 0.2) is 24.3 Å². The number of thiol groups is 1. The van der Waals surface area contributed by atoms with E-state index in [0.717, 1.165) is 31.3 Å². The van der Waals surface area contributed by atoms with Crippen molar-refractivity contribution in [3.05, 3.63) is 35.4 Å². The summed E-state index contributed by atoms with van der Waals surface area (Å²) in [5.41, 5.74) is 13.6. The predicted molar refractivity (Wildman–Crippen MR) is 91.1 cm³/mol. The number of likely N-dealkylation sites (tertiary alicyclic amines) is 1. The summed E-state index contributed by atoms with van der Waals surface area (Å²) in [4.78, 5) is 2.42. The van der Waals surface area contributed by atoms with Crippen LogP contribution < -0.4 is 11.5 Å². The summed E-state index contributed by atoms with van der Waals surface area (Å²) in [6.07, 6.45) is 2.52. The molecule has 0 aliphatic carbocycles. The first-order valence-corrected chi connectivity index (χ1v) is 8.11. The fraction of sp³-hybridized carbons (Fsp3) is 0.625. The van der Waals surface area contributed by atoms with E-state index >= 15 is 0 Å². The third-order valence-corrected chi connectivity index (χ3v) is 4.15. The average Bonchev–Trinajstić information content (AvgIpc) is 2.50. The molecule has 2 rings (SSSR count). The first-order chi connectivity index (χ1) is 9.69. The van der Waals surface area contributed by atoms with Crippen LogP contribution in [0.4, 0.5) is 0 Å². The molecule has 0 aromatic heterocycles. The highest BCUT2D eigenvalue weighted by molar-refractivity contribution is 7.79. The third-order valence-electron chi connectivity index (χ3n) is 3.79. The molecular formula is C16H29N3S. The SMILES string of the molecule is Cc1ccc(CS)cc1.NCCN1CCC(CN)CC1. The summed E-state index contributed by atoms with van der Waals surface area (Å²) >= 11 is 4.14. The minimum atomic E-state index is 0.768. The van der Waals surface area contributed by atoms with Gasteiger partial charge in [0.2, 0.25) is 0 Å². The fourth-order valence-corrected chi connectivity index (χ4v) is 2.53. The highest BCUT2D eigenvalue weighted by Gasteiger charge is 2.16. The maximum Gasteiger partial charge on any atom is 0.0154 e. The van der Waals surface area contributed by atoms with Crippen molar-refractivity contribution in [3.8, 4) is 0 Å². The number of nitrogens with zero attached hydrogens (tertiary/aromatic N) is 1. The monoisotopic (exact) mass is 295 g/mol. The number of hydrogen-bond acceptors (Lipinski definition) is 4. The van der Waals surface area contributed by atoms with Gasteiger partial charge in [-0.05, 0) is 50.9 Å². The number of piperidine rings is 1. The fourth-order valence-electron chi connectivity index (χ4n) is 2.32. The quantitative estimate of drug-likeness (QED) is 0.745. The van der Waals surface area contributed by atoms with Crippen molar-refractivity contribution < 1.29 is 0 Å². The first-order valence-electron chi connectivity index (χ1n) is 7.48. The Bertz CT molecular complexity index is 345. The van der Waals surface area contributed by atoms with Gasteiger partial charge in [0.15, 0.2) is 0 Å². The van der Waals surface area contributed by atoms with Gasteiger partial charge in [-0.2, -0.15) is 12.6 Å². The lowest BCUT2D eigenvalue weighted by molar-refractivity contribution is 0.192. The van der Waals surface area contributed by atoms with E-state index in [0.29, 0.717) is 0 Å². The van der Waals surface area contributed by atoms with Gasteiger partial charge in [0.05, 0.1) is 0 Å². The molecule has 1 aliphatic rings. The summed E-state index contributed by atoms with van der Waals surface area (Å²) in [5, 5.41) is 0. The zero-order chi connectivity index (χ0) is 14.8. The van der Waals surface area contributed by atoms with E-state index in [1.165, 1.54) is 37.1 Å². The third kappa shape index (κ3) is 6.75. The van der Waals surface area contributed by atoms with Crippen LogP contribution in [-0.2, 0) is 5.75 Å². The Kier molecular flexibility index (Phi) is 8.94. The average molecular weight is 295 g/mol.